The molecule has 0 aromatic heterocycles. The molecule has 0 saturated carbocycles. The van der Waals surface area contributed by atoms with Gasteiger partial charge in [0.2, 0.25) is 0 Å². The second kappa shape index (κ2) is 5.06. The van der Waals surface area contributed by atoms with Gasteiger partial charge in [0, 0.05) is 10.9 Å². The van der Waals surface area contributed by atoms with E-state index >= 15 is 0 Å². The van der Waals surface area contributed by atoms with Gasteiger partial charge in [-0.25, -0.2) is 0 Å². The third kappa shape index (κ3) is 3.35. The molecule has 0 aliphatic rings. The summed E-state index contributed by atoms with van der Waals surface area (Å²) in [4.78, 5) is 11.7. The van der Waals surface area contributed by atoms with Crippen LogP contribution in [0.4, 0.5) is 18.9 Å². The van der Waals surface area contributed by atoms with Crippen molar-refractivity contribution in [2.45, 2.75) is 32.5 Å². The minimum Gasteiger partial charge on any atom is -0.379 e. The summed E-state index contributed by atoms with van der Waals surface area (Å²) in [6.45, 7) is 5.49. The van der Waals surface area contributed by atoms with E-state index in [1.165, 1.54) is 12.1 Å². The summed E-state index contributed by atoms with van der Waals surface area (Å²) in [5.74, 6) is -1.83. The van der Waals surface area contributed by atoms with Crippen LogP contribution in [0, 0.1) is 0 Å². The number of nitrogens with one attached hydrogen (secondary N) is 1. The zero-order valence-electron chi connectivity index (χ0n) is 12.0. The third-order valence-electron chi connectivity index (χ3n) is 2.93. The van der Waals surface area contributed by atoms with Crippen molar-refractivity contribution in [3.05, 3.63) is 42.0 Å². The topological polar surface area (TPSA) is 29.1 Å². The lowest BCUT2D eigenvalue weighted by molar-refractivity contribution is -0.0884. The molecule has 0 spiro atoms. The maximum atomic E-state index is 12.8. The van der Waals surface area contributed by atoms with Gasteiger partial charge in [-0.2, -0.15) is 13.2 Å². The minimum atomic E-state index is -4.89. The summed E-state index contributed by atoms with van der Waals surface area (Å²) in [6.07, 6.45) is -4.89. The number of hydrogen-bond donors (Lipinski definition) is 1. The molecular weight excluding hydrogens is 279 g/mol. The molecule has 0 heterocycles. The number of carbonyl (C=O) groups is 1. The Morgan fingerprint density at radius 2 is 1.62 bits per heavy atom. The zero-order chi connectivity index (χ0) is 15.8. The number of fused-ring (bicyclic) bond motifs is 1. The molecule has 0 amide bonds. The van der Waals surface area contributed by atoms with Crippen LogP contribution in [0.1, 0.15) is 31.1 Å². The van der Waals surface area contributed by atoms with E-state index < -0.39 is 17.5 Å². The molecule has 2 nitrogen and oxygen atoms in total. The Kier molecular flexibility index (Phi) is 3.70. The fourth-order valence-electron chi connectivity index (χ4n) is 2.12. The third-order valence-corrected chi connectivity index (χ3v) is 2.93. The van der Waals surface area contributed by atoms with E-state index in [0.717, 1.165) is 5.39 Å². The highest BCUT2D eigenvalue weighted by atomic mass is 19.4. The first kappa shape index (κ1) is 15.4. The van der Waals surface area contributed by atoms with Crippen molar-refractivity contribution in [3.63, 3.8) is 0 Å². The second-order valence-electron chi connectivity index (χ2n) is 5.91. The van der Waals surface area contributed by atoms with Crippen LogP contribution in [0.15, 0.2) is 36.4 Å². The van der Waals surface area contributed by atoms with Crippen LogP contribution < -0.4 is 5.32 Å². The van der Waals surface area contributed by atoms with Gasteiger partial charge in [-0.3, -0.25) is 4.79 Å². The second-order valence-corrected chi connectivity index (χ2v) is 5.91. The van der Waals surface area contributed by atoms with Gasteiger partial charge in [0.25, 0.3) is 5.78 Å². The average molecular weight is 295 g/mol. The van der Waals surface area contributed by atoms with E-state index in [-0.39, 0.29) is 11.3 Å². The summed E-state index contributed by atoms with van der Waals surface area (Å²) >= 11 is 0. The van der Waals surface area contributed by atoms with Gasteiger partial charge in [-0.05, 0) is 32.2 Å². The first-order chi connectivity index (χ1) is 9.59. The largest absolute Gasteiger partial charge is 0.454 e. The highest BCUT2D eigenvalue weighted by Crippen LogP contribution is 2.33. The number of benzene rings is 2. The Labute approximate surface area is 121 Å². The van der Waals surface area contributed by atoms with Crippen LogP contribution in [-0.4, -0.2) is 17.5 Å². The number of alkyl halides is 3. The van der Waals surface area contributed by atoms with Gasteiger partial charge in [-0.1, -0.05) is 30.3 Å². The Morgan fingerprint density at radius 1 is 1.00 bits per heavy atom. The van der Waals surface area contributed by atoms with E-state index in [0.29, 0.717) is 5.39 Å². The summed E-state index contributed by atoms with van der Waals surface area (Å²) in [5.41, 5.74) is -0.593. The van der Waals surface area contributed by atoms with Crippen molar-refractivity contribution in [1.82, 2.24) is 0 Å². The van der Waals surface area contributed by atoms with Crippen LogP contribution in [0.2, 0.25) is 0 Å². The molecule has 0 saturated heterocycles. The lowest BCUT2D eigenvalue weighted by atomic mass is 9.98. The molecule has 0 radical (unpaired) electrons. The first-order valence-electron chi connectivity index (χ1n) is 6.51. The fraction of sp³-hybridized carbons (Fsp3) is 0.312. The predicted molar refractivity (Wildman–Crippen MR) is 77.7 cm³/mol. The number of carbonyl (C=O) groups excluding carboxylic acids is 1. The Morgan fingerprint density at radius 3 is 2.19 bits per heavy atom. The summed E-state index contributed by atoms with van der Waals surface area (Å²) in [7, 11) is 0. The minimum absolute atomic E-state index is 0.225. The molecule has 0 unspecified atom stereocenters. The molecule has 0 fully saturated rings. The van der Waals surface area contributed by atoms with E-state index in [4.69, 9.17) is 0 Å². The average Bonchev–Trinajstić information content (AvgIpc) is 2.35. The Hall–Kier alpha value is -2.04. The molecule has 2 aromatic carbocycles. The van der Waals surface area contributed by atoms with Gasteiger partial charge in [0.1, 0.15) is 0 Å². The molecule has 2 rings (SSSR count). The van der Waals surface area contributed by atoms with Crippen molar-refractivity contribution >= 4 is 22.2 Å². The first-order valence-corrected chi connectivity index (χ1v) is 6.51. The molecule has 2 aromatic rings. The summed E-state index contributed by atoms with van der Waals surface area (Å²) in [5, 5.41) is 4.40. The molecule has 0 aliphatic carbocycles. The normalized spacial score (nSPS) is 12.5. The zero-order valence-corrected chi connectivity index (χ0v) is 12.0. The van der Waals surface area contributed by atoms with Crippen LogP contribution in [-0.2, 0) is 0 Å². The van der Waals surface area contributed by atoms with Gasteiger partial charge in [0.15, 0.2) is 0 Å². The lowest BCUT2D eigenvalue weighted by Gasteiger charge is -2.25. The van der Waals surface area contributed by atoms with Crippen molar-refractivity contribution in [3.8, 4) is 0 Å². The highest BCUT2D eigenvalue weighted by Gasteiger charge is 2.41. The van der Waals surface area contributed by atoms with E-state index in [9.17, 15) is 18.0 Å². The number of hydrogen-bond acceptors (Lipinski definition) is 2. The quantitative estimate of drug-likeness (QED) is 0.807. The highest BCUT2D eigenvalue weighted by molar-refractivity contribution is 6.11. The molecule has 0 aliphatic heterocycles. The number of Topliss-reactive ketones (excluding diaryl/α,β-unsaturated/α-hetero) is 1. The SMILES string of the molecule is CC(C)(C)Nc1c(C(=O)C(F)(F)F)ccc2ccccc12. The number of rotatable bonds is 2. The number of halogens is 3. The van der Waals surface area contributed by atoms with Crippen molar-refractivity contribution in [2.75, 3.05) is 5.32 Å². The van der Waals surface area contributed by atoms with Crippen LogP contribution in [0.3, 0.4) is 0 Å². The van der Waals surface area contributed by atoms with Gasteiger partial charge in [-0.15, -0.1) is 0 Å². The fourth-order valence-corrected chi connectivity index (χ4v) is 2.12. The number of anilines is 1. The summed E-state index contributed by atoms with van der Waals surface area (Å²) in [6, 6.07) is 9.79. The molecule has 5 heteroatoms. The Balaban J connectivity index is 2.70. The van der Waals surface area contributed by atoms with Crippen molar-refractivity contribution in [1.29, 1.82) is 0 Å². The van der Waals surface area contributed by atoms with E-state index in [2.05, 4.69) is 5.32 Å². The summed E-state index contributed by atoms with van der Waals surface area (Å²) < 4.78 is 38.3. The maximum absolute atomic E-state index is 12.8. The lowest BCUT2D eigenvalue weighted by Crippen LogP contribution is -2.30. The molecule has 0 atom stereocenters. The van der Waals surface area contributed by atoms with Crippen LogP contribution in [0.25, 0.3) is 10.8 Å². The number of ketones is 1. The standard InChI is InChI=1S/C16H16F3NO/c1-15(2,3)20-13-11-7-5-4-6-10(11)8-9-12(13)14(21)16(17,18)19/h4-9,20H,1-3H3. The predicted octanol–water partition coefficient (Wildman–Crippen LogP) is 4.80. The van der Waals surface area contributed by atoms with Gasteiger partial charge >= 0.3 is 6.18 Å². The molecule has 0 bridgehead atoms. The van der Waals surface area contributed by atoms with Gasteiger partial charge in [0.05, 0.1) is 11.3 Å². The maximum Gasteiger partial charge on any atom is 0.454 e. The van der Waals surface area contributed by atoms with Crippen molar-refractivity contribution < 1.29 is 18.0 Å². The van der Waals surface area contributed by atoms with Gasteiger partial charge < -0.3 is 5.32 Å². The molecule has 1 N–H and O–H groups in total. The smallest absolute Gasteiger partial charge is 0.379 e. The molecule has 112 valence electrons. The van der Waals surface area contributed by atoms with E-state index in [1.807, 2.05) is 20.8 Å². The van der Waals surface area contributed by atoms with Crippen molar-refractivity contribution in [2.24, 2.45) is 0 Å². The van der Waals surface area contributed by atoms with E-state index in [1.54, 1.807) is 24.3 Å². The van der Waals surface area contributed by atoms with Crippen LogP contribution in [0.5, 0.6) is 0 Å². The monoisotopic (exact) mass is 295 g/mol. The molecular formula is C16H16F3NO. The molecule has 21 heavy (non-hydrogen) atoms. The Bertz CT molecular complexity index is 684. The van der Waals surface area contributed by atoms with Crippen LogP contribution >= 0.6 is 0 Å².